The van der Waals surface area contributed by atoms with E-state index in [1.165, 1.54) is 0 Å². The van der Waals surface area contributed by atoms with Gasteiger partial charge in [-0.25, -0.2) is 0 Å². The molecule has 0 spiro atoms. The van der Waals surface area contributed by atoms with Gasteiger partial charge in [0.1, 0.15) is 18.1 Å². The second-order valence-electron chi connectivity index (χ2n) is 13.9. The summed E-state index contributed by atoms with van der Waals surface area (Å²) in [6, 6.07) is 23.1. The molecule has 0 aromatic heterocycles. The number of amides is 5. The molecule has 270 valence electrons. The Morgan fingerprint density at radius 2 is 1.45 bits per heavy atom. The summed E-state index contributed by atoms with van der Waals surface area (Å²) in [5, 5.41) is 14.5. The summed E-state index contributed by atoms with van der Waals surface area (Å²) in [6.07, 6.45) is 1.38. The average Bonchev–Trinajstić information content (AvgIpc) is 3.33. The van der Waals surface area contributed by atoms with Crippen molar-refractivity contribution >= 4 is 41.3 Å². The monoisotopic (exact) mass is 712 g/mol. The molecule has 3 aromatic rings. The molecule has 3 aromatic carbocycles. The van der Waals surface area contributed by atoms with Crippen LogP contribution in [0.25, 0.3) is 0 Å². The Morgan fingerprint density at radius 1 is 0.843 bits per heavy atom. The minimum absolute atomic E-state index is 0.0623. The lowest BCUT2D eigenvalue weighted by Gasteiger charge is -2.35. The van der Waals surface area contributed by atoms with Crippen LogP contribution >= 0.6 is 11.8 Å². The van der Waals surface area contributed by atoms with Crippen molar-refractivity contribution in [2.24, 2.45) is 5.41 Å². The van der Waals surface area contributed by atoms with Gasteiger partial charge in [0.05, 0.1) is 17.8 Å². The number of carbonyl (C=O) groups is 5. The van der Waals surface area contributed by atoms with Gasteiger partial charge in [0, 0.05) is 13.1 Å². The van der Waals surface area contributed by atoms with Gasteiger partial charge < -0.3 is 31.5 Å². The Bertz CT molecular complexity index is 1690. The maximum Gasteiger partial charge on any atom is 0.247 e. The molecule has 51 heavy (non-hydrogen) atoms. The lowest BCUT2D eigenvalue weighted by molar-refractivity contribution is -0.144. The van der Waals surface area contributed by atoms with Crippen LogP contribution < -0.4 is 26.6 Å². The zero-order chi connectivity index (χ0) is 36.5. The van der Waals surface area contributed by atoms with Gasteiger partial charge >= 0.3 is 0 Å². The van der Waals surface area contributed by atoms with Crippen molar-refractivity contribution in [1.82, 2.24) is 31.5 Å². The maximum absolute atomic E-state index is 14.2. The Hall–Kier alpha value is -4.68. The van der Waals surface area contributed by atoms with E-state index in [2.05, 4.69) is 26.6 Å². The first-order valence-electron chi connectivity index (χ1n) is 17.4. The van der Waals surface area contributed by atoms with Crippen LogP contribution in [-0.2, 0) is 43.5 Å². The van der Waals surface area contributed by atoms with E-state index in [1.54, 1.807) is 42.8 Å². The predicted octanol–water partition coefficient (Wildman–Crippen LogP) is 3.20. The lowest BCUT2D eigenvalue weighted by atomic mass is 9.83. The van der Waals surface area contributed by atoms with Crippen molar-refractivity contribution in [1.29, 1.82) is 0 Å². The number of thioether (sulfide) groups is 1. The molecule has 11 nitrogen and oxygen atoms in total. The summed E-state index contributed by atoms with van der Waals surface area (Å²) in [5.41, 5.74) is 2.76. The molecule has 2 saturated heterocycles. The molecule has 12 heteroatoms. The second-order valence-corrected chi connectivity index (χ2v) is 15.1. The van der Waals surface area contributed by atoms with E-state index in [1.807, 2.05) is 86.6 Å². The van der Waals surface area contributed by atoms with E-state index in [-0.39, 0.29) is 35.5 Å². The third-order valence-corrected chi connectivity index (χ3v) is 10.8. The number of carbonyl (C=O) groups excluding carboxylic acids is 5. The number of hydrogen-bond acceptors (Lipinski definition) is 7. The molecule has 2 aliphatic rings. The van der Waals surface area contributed by atoms with Crippen LogP contribution in [0, 0.1) is 5.41 Å². The van der Waals surface area contributed by atoms with E-state index in [0.717, 1.165) is 16.7 Å². The molecule has 2 heterocycles. The minimum Gasteiger partial charge on any atom is -0.352 e. The summed E-state index contributed by atoms with van der Waals surface area (Å²) >= 11 is 1.62. The first-order valence-corrected chi connectivity index (χ1v) is 18.4. The molecule has 5 atom stereocenters. The Morgan fingerprint density at radius 3 is 2.08 bits per heavy atom. The van der Waals surface area contributed by atoms with Gasteiger partial charge in [-0.15, -0.1) is 11.8 Å². The van der Waals surface area contributed by atoms with Gasteiger partial charge in [-0.3, -0.25) is 24.0 Å². The molecule has 5 rings (SSSR count). The molecule has 5 N–H and O–H groups in total. The molecular formula is C39H48N6O5S. The van der Waals surface area contributed by atoms with Gasteiger partial charge in [-0.1, -0.05) is 98.8 Å². The number of fused-ring (bicyclic) bond motifs is 1. The first-order chi connectivity index (χ1) is 24.5. The normalized spacial score (nSPS) is 20.7. The van der Waals surface area contributed by atoms with Crippen LogP contribution in [0.2, 0.25) is 0 Å². The van der Waals surface area contributed by atoms with Gasteiger partial charge in [0.15, 0.2) is 0 Å². The lowest BCUT2D eigenvalue weighted by Crippen LogP contribution is -2.58. The van der Waals surface area contributed by atoms with Crippen LogP contribution in [0.3, 0.4) is 0 Å². The smallest absolute Gasteiger partial charge is 0.247 e. The molecule has 2 aliphatic heterocycles. The van der Waals surface area contributed by atoms with Crippen LogP contribution in [-0.4, -0.2) is 70.7 Å². The fourth-order valence-electron chi connectivity index (χ4n) is 6.56. The van der Waals surface area contributed by atoms with Gasteiger partial charge in [0.2, 0.25) is 29.5 Å². The molecule has 0 radical (unpaired) electrons. The van der Waals surface area contributed by atoms with E-state index < -0.39 is 35.5 Å². The molecule has 0 aliphatic carbocycles. The SMILES string of the molecule is CN[C@@H](C)C(=O)N[C@H]1CCS[C@H]2CC(C)(C)[C@@H](C(=O)N[C@H](C(=O)NCc3ccc(CNC(=O)Cc4ccccc4)cc3)c3ccccc3)N2C1=O. The number of nitrogens with zero attached hydrogens (tertiary/aromatic N) is 1. The number of hydrogen-bond donors (Lipinski definition) is 5. The highest BCUT2D eigenvalue weighted by Crippen LogP contribution is 2.46. The number of rotatable bonds is 13. The van der Waals surface area contributed by atoms with E-state index in [4.69, 9.17) is 0 Å². The van der Waals surface area contributed by atoms with Crippen LogP contribution in [0.15, 0.2) is 84.9 Å². The van der Waals surface area contributed by atoms with Gasteiger partial charge in [-0.05, 0) is 60.2 Å². The largest absolute Gasteiger partial charge is 0.352 e. The Balaban J connectivity index is 1.24. The van der Waals surface area contributed by atoms with Crippen molar-refractivity contribution in [3.63, 3.8) is 0 Å². The molecule has 0 unspecified atom stereocenters. The fraction of sp³-hybridized carbons (Fsp3) is 0.410. The third kappa shape index (κ3) is 9.56. The highest BCUT2D eigenvalue weighted by atomic mass is 32.2. The molecule has 0 saturated carbocycles. The molecule has 5 amide bonds. The second kappa shape index (κ2) is 17.0. The van der Waals surface area contributed by atoms with Crippen molar-refractivity contribution < 1.29 is 24.0 Å². The quantitative estimate of drug-likeness (QED) is 0.183. The Kier molecular flexibility index (Phi) is 12.5. The van der Waals surface area contributed by atoms with Crippen molar-refractivity contribution in [3.8, 4) is 0 Å². The van der Waals surface area contributed by atoms with E-state index >= 15 is 0 Å². The highest BCUT2D eigenvalue weighted by molar-refractivity contribution is 7.99. The fourth-order valence-corrected chi connectivity index (χ4v) is 8.13. The molecular weight excluding hydrogens is 665 g/mol. The van der Waals surface area contributed by atoms with Gasteiger partial charge in [-0.2, -0.15) is 0 Å². The average molecular weight is 713 g/mol. The minimum atomic E-state index is -1.01. The first kappa shape index (κ1) is 37.6. The van der Waals surface area contributed by atoms with Crippen molar-refractivity contribution in [2.75, 3.05) is 12.8 Å². The summed E-state index contributed by atoms with van der Waals surface area (Å²) in [6.45, 7) is 6.27. The predicted molar refractivity (Wildman–Crippen MR) is 198 cm³/mol. The number of benzene rings is 3. The maximum atomic E-state index is 14.2. The third-order valence-electron chi connectivity index (χ3n) is 9.56. The number of nitrogens with one attached hydrogen (secondary N) is 5. The molecule has 2 fully saturated rings. The highest BCUT2D eigenvalue weighted by Gasteiger charge is 2.54. The summed E-state index contributed by atoms with van der Waals surface area (Å²) in [7, 11) is 1.68. The standard InChI is InChI=1S/C39H48N6O5S/c1-25(40-4)35(47)43-30-19-20-51-32-22-39(2,3)34(45(32)38(30)50)37(49)44-33(29-13-9-6-10-14-29)36(48)42-24-28-17-15-27(16-18-28)23-41-31(46)21-26-11-7-5-8-12-26/h5-18,25,30,32-34,40H,19-24H2,1-4H3,(H,41,46)(H,42,48)(H,43,47)(H,44,49)/t25-,30-,32-,33-,34+/m0/s1. The van der Waals surface area contributed by atoms with Crippen LogP contribution in [0.4, 0.5) is 0 Å². The summed E-state index contributed by atoms with van der Waals surface area (Å²) in [5.74, 6) is -0.772. The van der Waals surface area contributed by atoms with Gasteiger partial charge in [0.25, 0.3) is 0 Å². The number of likely N-dealkylation sites (N-methyl/N-ethyl adjacent to an activating group) is 1. The van der Waals surface area contributed by atoms with E-state index in [9.17, 15) is 24.0 Å². The van der Waals surface area contributed by atoms with Crippen LogP contribution in [0.1, 0.15) is 61.9 Å². The zero-order valence-electron chi connectivity index (χ0n) is 29.6. The van der Waals surface area contributed by atoms with Crippen LogP contribution in [0.5, 0.6) is 0 Å². The topological polar surface area (TPSA) is 149 Å². The summed E-state index contributed by atoms with van der Waals surface area (Å²) in [4.78, 5) is 68.7. The van der Waals surface area contributed by atoms with E-state index in [0.29, 0.717) is 37.1 Å². The Labute approximate surface area is 304 Å². The zero-order valence-corrected chi connectivity index (χ0v) is 30.4. The van der Waals surface area contributed by atoms with Crippen molar-refractivity contribution in [2.45, 2.75) is 82.7 Å². The molecule has 0 bridgehead atoms. The summed E-state index contributed by atoms with van der Waals surface area (Å²) < 4.78 is 0. The van der Waals surface area contributed by atoms with Crippen molar-refractivity contribution in [3.05, 3.63) is 107 Å².